The van der Waals surface area contributed by atoms with Gasteiger partial charge in [-0.25, -0.2) is 4.57 Å². The van der Waals surface area contributed by atoms with Gasteiger partial charge in [-0.15, -0.1) is 0 Å². The highest BCUT2D eigenvalue weighted by Crippen LogP contribution is 2.00. The second-order valence-corrected chi connectivity index (χ2v) is 3.44. The lowest BCUT2D eigenvalue weighted by molar-refractivity contribution is -0.723. The normalized spacial score (nSPS) is 10.7. The number of pyridine rings is 1. The van der Waals surface area contributed by atoms with Gasteiger partial charge in [-0.3, -0.25) is 0 Å². The predicted molar refractivity (Wildman–Crippen MR) is 51.0 cm³/mol. The Morgan fingerprint density at radius 1 is 1.33 bits per heavy atom. The van der Waals surface area contributed by atoms with Gasteiger partial charge < -0.3 is 0 Å². The van der Waals surface area contributed by atoms with Gasteiger partial charge in [0.2, 0.25) is 0 Å². The SMILES string of the molecule is CCCc1cccc[n+]1C(C)C. The molecule has 1 aromatic heterocycles. The van der Waals surface area contributed by atoms with Crippen LogP contribution in [0.5, 0.6) is 0 Å². The van der Waals surface area contributed by atoms with Crippen molar-refractivity contribution in [3.05, 3.63) is 30.1 Å². The third-order valence-corrected chi connectivity index (χ3v) is 2.04. The summed E-state index contributed by atoms with van der Waals surface area (Å²) < 4.78 is 2.34. The molecule has 1 aromatic rings. The molecule has 0 bridgehead atoms. The molecule has 1 nitrogen and oxygen atoms in total. The Morgan fingerprint density at radius 2 is 2.08 bits per heavy atom. The Balaban J connectivity index is 2.92. The van der Waals surface area contributed by atoms with Crippen LogP contribution in [0.3, 0.4) is 0 Å². The van der Waals surface area contributed by atoms with Crippen molar-refractivity contribution in [1.29, 1.82) is 0 Å². The number of hydrogen-bond acceptors (Lipinski definition) is 0. The van der Waals surface area contributed by atoms with E-state index in [1.54, 1.807) is 0 Å². The van der Waals surface area contributed by atoms with Gasteiger partial charge in [-0.05, 0) is 20.3 Å². The molecule has 0 fully saturated rings. The van der Waals surface area contributed by atoms with Crippen LogP contribution >= 0.6 is 0 Å². The summed E-state index contributed by atoms with van der Waals surface area (Å²) in [5.41, 5.74) is 1.44. The van der Waals surface area contributed by atoms with E-state index in [2.05, 4.69) is 49.7 Å². The fourth-order valence-corrected chi connectivity index (χ4v) is 1.46. The summed E-state index contributed by atoms with van der Waals surface area (Å²) in [4.78, 5) is 0. The molecule has 0 aliphatic rings. The van der Waals surface area contributed by atoms with Crippen LogP contribution in [-0.4, -0.2) is 0 Å². The molecule has 0 amide bonds. The molecule has 0 aliphatic carbocycles. The second-order valence-electron chi connectivity index (χ2n) is 3.44. The minimum atomic E-state index is 0.577. The van der Waals surface area contributed by atoms with Crippen LogP contribution in [0, 0.1) is 0 Å². The average Bonchev–Trinajstić information content (AvgIpc) is 2.05. The van der Waals surface area contributed by atoms with Gasteiger partial charge in [0.25, 0.3) is 0 Å². The fraction of sp³-hybridized carbons (Fsp3) is 0.545. The van der Waals surface area contributed by atoms with E-state index in [4.69, 9.17) is 0 Å². The Hall–Kier alpha value is -0.850. The van der Waals surface area contributed by atoms with Crippen molar-refractivity contribution in [2.75, 3.05) is 0 Å². The van der Waals surface area contributed by atoms with E-state index < -0.39 is 0 Å². The van der Waals surface area contributed by atoms with Crippen LogP contribution in [0.15, 0.2) is 24.4 Å². The minimum Gasteiger partial charge on any atom is -0.200 e. The lowest BCUT2D eigenvalue weighted by Crippen LogP contribution is -2.39. The molecule has 0 unspecified atom stereocenters. The molecule has 0 N–H and O–H groups in total. The highest BCUT2D eigenvalue weighted by Gasteiger charge is 2.10. The van der Waals surface area contributed by atoms with Gasteiger partial charge in [0.05, 0.1) is 0 Å². The van der Waals surface area contributed by atoms with Crippen LogP contribution in [0.1, 0.15) is 38.9 Å². The van der Waals surface area contributed by atoms with E-state index in [1.807, 2.05) is 0 Å². The van der Waals surface area contributed by atoms with E-state index >= 15 is 0 Å². The molecule has 1 heteroatoms. The summed E-state index contributed by atoms with van der Waals surface area (Å²) in [5, 5.41) is 0. The zero-order valence-electron chi connectivity index (χ0n) is 8.25. The Labute approximate surface area is 75.1 Å². The van der Waals surface area contributed by atoms with Gasteiger partial charge in [0.1, 0.15) is 0 Å². The van der Waals surface area contributed by atoms with Crippen molar-refractivity contribution in [2.45, 2.75) is 39.7 Å². The molecule has 1 heterocycles. The van der Waals surface area contributed by atoms with Crippen molar-refractivity contribution in [3.63, 3.8) is 0 Å². The molecule has 0 saturated heterocycles. The Kier molecular flexibility index (Phi) is 3.27. The highest BCUT2D eigenvalue weighted by atomic mass is 15.0. The molecule has 0 atom stereocenters. The second kappa shape index (κ2) is 4.24. The smallest absolute Gasteiger partial charge is 0.181 e. The van der Waals surface area contributed by atoms with Gasteiger partial charge in [-0.2, -0.15) is 0 Å². The first-order chi connectivity index (χ1) is 5.75. The maximum atomic E-state index is 2.34. The standard InChI is InChI=1S/C11H18N/c1-4-7-11-8-5-6-9-12(11)10(2)3/h5-6,8-10H,4,7H2,1-3H3/q+1. The monoisotopic (exact) mass is 164 g/mol. The first kappa shape index (κ1) is 9.24. The highest BCUT2D eigenvalue weighted by molar-refractivity contribution is 4.97. The molecule has 0 aliphatic heterocycles. The molecule has 1 rings (SSSR count). The maximum absolute atomic E-state index is 2.34. The van der Waals surface area contributed by atoms with E-state index in [9.17, 15) is 0 Å². The molecule has 66 valence electrons. The number of hydrogen-bond donors (Lipinski definition) is 0. The van der Waals surface area contributed by atoms with Gasteiger partial charge in [0.15, 0.2) is 17.9 Å². The van der Waals surface area contributed by atoms with Crippen molar-refractivity contribution in [2.24, 2.45) is 0 Å². The third kappa shape index (κ3) is 2.07. The molecular formula is C11H18N+. The van der Waals surface area contributed by atoms with Crippen molar-refractivity contribution >= 4 is 0 Å². The Bertz CT molecular complexity index is 241. The molecule has 12 heavy (non-hydrogen) atoms. The first-order valence-corrected chi connectivity index (χ1v) is 4.74. The maximum Gasteiger partial charge on any atom is 0.181 e. The first-order valence-electron chi connectivity index (χ1n) is 4.74. The van der Waals surface area contributed by atoms with Crippen molar-refractivity contribution in [3.8, 4) is 0 Å². The molecule has 0 radical (unpaired) electrons. The minimum absolute atomic E-state index is 0.577. The van der Waals surface area contributed by atoms with Crippen LogP contribution < -0.4 is 4.57 Å². The zero-order chi connectivity index (χ0) is 8.97. The largest absolute Gasteiger partial charge is 0.200 e. The van der Waals surface area contributed by atoms with Gasteiger partial charge in [0, 0.05) is 18.6 Å². The molecule has 0 saturated carbocycles. The van der Waals surface area contributed by atoms with Crippen LogP contribution in [-0.2, 0) is 6.42 Å². The number of aromatic nitrogens is 1. The van der Waals surface area contributed by atoms with Crippen LogP contribution in [0.2, 0.25) is 0 Å². The molecular weight excluding hydrogens is 146 g/mol. The van der Waals surface area contributed by atoms with E-state index in [-0.39, 0.29) is 0 Å². The van der Waals surface area contributed by atoms with Crippen molar-refractivity contribution < 1.29 is 4.57 Å². The van der Waals surface area contributed by atoms with E-state index in [1.165, 1.54) is 18.5 Å². The molecule has 0 spiro atoms. The summed E-state index contributed by atoms with van der Waals surface area (Å²) in [7, 11) is 0. The van der Waals surface area contributed by atoms with Crippen molar-refractivity contribution in [1.82, 2.24) is 0 Å². The van der Waals surface area contributed by atoms with Crippen LogP contribution in [0.4, 0.5) is 0 Å². The van der Waals surface area contributed by atoms with Gasteiger partial charge >= 0.3 is 0 Å². The topological polar surface area (TPSA) is 3.88 Å². The zero-order valence-corrected chi connectivity index (χ0v) is 8.25. The summed E-state index contributed by atoms with van der Waals surface area (Å²) in [6, 6.07) is 7.00. The lowest BCUT2D eigenvalue weighted by Gasteiger charge is -2.04. The predicted octanol–water partition coefficient (Wildman–Crippen LogP) is 2.51. The number of rotatable bonds is 3. The number of aryl methyl sites for hydroxylation is 1. The van der Waals surface area contributed by atoms with Gasteiger partial charge in [-0.1, -0.05) is 13.0 Å². The quantitative estimate of drug-likeness (QED) is 0.604. The van der Waals surface area contributed by atoms with Crippen LogP contribution in [0.25, 0.3) is 0 Å². The summed E-state index contributed by atoms with van der Waals surface area (Å²) in [5.74, 6) is 0. The van der Waals surface area contributed by atoms with E-state index in [0.717, 1.165) is 0 Å². The summed E-state index contributed by atoms with van der Waals surface area (Å²) in [6.45, 7) is 6.66. The third-order valence-electron chi connectivity index (χ3n) is 2.04. The summed E-state index contributed by atoms with van der Waals surface area (Å²) in [6.07, 6.45) is 4.56. The van der Waals surface area contributed by atoms with E-state index in [0.29, 0.717) is 6.04 Å². The average molecular weight is 164 g/mol. The fourth-order valence-electron chi connectivity index (χ4n) is 1.46. The molecule has 0 aromatic carbocycles. The lowest BCUT2D eigenvalue weighted by atomic mass is 10.2. The number of nitrogens with zero attached hydrogens (tertiary/aromatic N) is 1. The summed E-state index contributed by atoms with van der Waals surface area (Å²) >= 11 is 0. The Morgan fingerprint density at radius 3 is 2.67 bits per heavy atom.